The Morgan fingerprint density at radius 2 is 2.05 bits per heavy atom. The Balaban J connectivity index is 2.04. The third-order valence-corrected chi connectivity index (χ3v) is 2.78. The predicted octanol–water partition coefficient (Wildman–Crippen LogP) is 2.02. The lowest BCUT2D eigenvalue weighted by Crippen LogP contribution is -2.23. The molecule has 0 bridgehead atoms. The lowest BCUT2D eigenvalue weighted by atomic mass is 10.3. The topological polar surface area (TPSA) is 55.3 Å². The van der Waals surface area contributed by atoms with Crippen molar-refractivity contribution < 1.29 is 9.53 Å². The highest BCUT2D eigenvalue weighted by Crippen LogP contribution is 2.14. The van der Waals surface area contributed by atoms with Crippen LogP contribution in [0.5, 0.6) is 0 Å². The molecule has 1 aromatic carbocycles. The minimum atomic E-state index is -0.192. The number of carbonyl (C=O) groups excluding carboxylic acids is 1. The number of esters is 1. The van der Waals surface area contributed by atoms with Crippen LogP contribution >= 0.6 is 0 Å². The van der Waals surface area contributed by atoms with Crippen molar-refractivity contribution in [3.63, 3.8) is 0 Å². The van der Waals surface area contributed by atoms with Gasteiger partial charge in [-0.3, -0.25) is 9.78 Å². The van der Waals surface area contributed by atoms with Crippen molar-refractivity contribution in [3.05, 3.63) is 30.5 Å². The van der Waals surface area contributed by atoms with E-state index in [9.17, 15) is 4.79 Å². The Bertz CT molecular complexity index is 571. The summed E-state index contributed by atoms with van der Waals surface area (Å²) in [6, 6.07) is 7.70. The van der Waals surface area contributed by atoms with Crippen molar-refractivity contribution in [2.75, 3.05) is 25.1 Å². The summed E-state index contributed by atoms with van der Waals surface area (Å²) < 4.78 is 4.90. The van der Waals surface area contributed by atoms with Crippen molar-refractivity contribution >= 4 is 22.8 Å². The van der Waals surface area contributed by atoms with E-state index >= 15 is 0 Å². The number of rotatable bonds is 5. The lowest BCUT2D eigenvalue weighted by molar-refractivity contribution is -0.142. The van der Waals surface area contributed by atoms with E-state index in [2.05, 4.69) is 9.97 Å². The molecule has 0 aliphatic heterocycles. The zero-order valence-electron chi connectivity index (χ0n) is 11.2. The van der Waals surface area contributed by atoms with E-state index < -0.39 is 0 Å². The predicted molar refractivity (Wildman–Crippen MR) is 74.1 cm³/mol. The Hall–Kier alpha value is -2.17. The fourth-order valence-corrected chi connectivity index (χ4v) is 1.74. The molecule has 5 nitrogen and oxygen atoms in total. The van der Waals surface area contributed by atoms with E-state index in [1.54, 1.807) is 13.1 Å². The molecule has 5 heteroatoms. The summed E-state index contributed by atoms with van der Waals surface area (Å²) >= 11 is 0. The largest absolute Gasteiger partial charge is 0.466 e. The molecular weight excluding hydrogens is 242 g/mol. The van der Waals surface area contributed by atoms with Crippen LogP contribution in [0.1, 0.15) is 13.3 Å². The van der Waals surface area contributed by atoms with Crippen molar-refractivity contribution in [1.82, 2.24) is 9.97 Å². The summed E-state index contributed by atoms with van der Waals surface area (Å²) in [6.07, 6.45) is 2.06. The summed E-state index contributed by atoms with van der Waals surface area (Å²) in [5.41, 5.74) is 1.72. The first-order chi connectivity index (χ1) is 9.20. The van der Waals surface area contributed by atoms with Gasteiger partial charge in [0, 0.05) is 13.6 Å². The number of hydrogen-bond donors (Lipinski definition) is 0. The smallest absolute Gasteiger partial charge is 0.307 e. The van der Waals surface area contributed by atoms with Gasteiger partial charge in [0.25, 0.3) is 0 Å². The molecule has 0 saturated heterocycles. The van der Waals surface area contributed by atoms with Crippen LogP contribution in [0.4, 0.5) is 5.82 Å². The summed E-state index contributed by atoms with van der Waals surface area (Å²) in [5, 5.41) is 0. The van der Waals surface area contributed by atoms with Gasteiger partial charge in [-0.2, -0.15) is 0 Å². The molecule has 0 spiro atoms. The number of carbonyl (C=O) groups is 1. The van der Waals surface area contributed by atoms with E-state index in [4.69, 9.17) is 4.74 Å². The Labute approximate surface area is 112 Å². The summed E-state index contributed by atoms with van der Waals surface area (Å²) in [6.45, 7) is 2.78. The Morgan fingerprint density at radius 3 is 2.79 bits per heavy atom. The van der Waals surface area contributed by atoms with E-state index in [0.717, 1.165) is 16.9 Å². The number of para-hydroxylation sites is 2. The average molecular weight is 259 g/mol. The first kappa shape index (κ1) is 13.3. The Kier molecular flexibility index (Phi) is 4.28. The molecule has 0 radical (unpaired) electrons. The van der Waals surface area contributed by atoms with Crippen LogP contribution < -0.4 is 4.90 Å². The van der Waals surface area contributed by atoms with E-state index in [1.165, 1.54) is 0 Å². The van der Waals surface area contributed by atoms with E-state index in [-0.39, 0.29) is 5.97 Å². The minimum Gasteiger partial charge on any atom is -0.466 e. The van der Waals surface area contributed by atoms with Crippen LogP contribution in [0.2, 0.25) is 0 Å². The second-order valence-electron chi connectivity index (χ2n) is 4.19. The molecule has 0 amide bonds. The fourth-order valence-electron chi connectivity index (χ4n) is 1.74. The first-order valence-electron chi connectivity index (χ1n) is 6.29. The molecule has 19 heavy (non-hydrogen) atoms. The highest BCUT2D eigenvalue weighted by molar-refractivity contribution is 5.75. The highest BCUT2D eigenvalue weighted by atomic mass is 16.5. The van der Waals surface area contributed by atoms with Crippen LogP contribution in [0.15, 0.2) is 30.5 Å². The Morgan fingerprint density at radius 1 is 1.32 bits per heavy atom. The van der Waals surface area contributed by atoms with Gasteiger partial charge in [-0.05, 0) is 19.1 Å². The molecule has 100 valence electrons. The van der Waals surface area contributed by atoms with Gasteiger partial charge in [0.1, 0.15) is 5.82 Å². The maximum absolute atomic E-state index is 11.3. The van der Waals surface area contributed by atoms with Crippen LogP contribution in [0, 0.1) is 0 Å². The van der Waals surface area contributed by atoms with E-state index in [0.29, 0.717) is 19.6 Å². The van der Waals surface area contributed by atoms with Gasteiger partial charge >= 0.3 is 5.97 Å². The molecule has 2 aromatic rings. The zero-order valence-corrected chi connectivity index (χ0v) is 11.2. The van der Waals surface area contributed by atoms with E-state index in [1.807, 2.05) is 36.2 Å². The normalized spacial score (nSPS) is 10.4. The third kappa shape index (κ3) is 3.40. The molecule has 0 atom stereocenters. The maximum atomic E-state index is 11.3. The molecule has 0 N–H and O–H groups in total. The molecule has 1 heterocycles. The summed E-state index contributed by atoms with van der Waals surface area (Å²) in [7, 11) is 1.89. The van der Waals surface area contributed by atoms with Crippen molar-refractivity contribution in [3.8, 4) is 0 Å². The van der Waals surface area contributed by atoms with Gasteiger partial charge in [-0.25, -0.2) is 4.98 Å². The number of anilines is 1. The molecule has 0 aliphatic carbocycles. The molecular formula is C14H17N3O2. The van der Waals surface area contributed by atoms with Gasteiger partial charge in [-0.15, -0.1) is 0 Å². The van der Waals surface area contributed by atoms with Crippen LogP contribution in [-0.2, 0) is 9.53 Å². The van der Waals surface area contributed by atoms with Crippen molar-refractivity contribution in [1.29, 1.82) is 0 Å². The number of fused-ring (bicyclic) bond motifs is 1. The molecule has 0 unspecified atom stereocenters. The molecule has 0 saturated carbocycles. The van der Waals surface area contributed by atoms with Gasteiger partial charge in [0.2, 0.25) is 0 Å². The second-order valence-corrected chi connectivity index (χ2v) is 4.19. The van der Waals surface area contributed by atoms with Crippen LogP contribution in [0.3, 0.4) is 0 Å². The first-order valence-corrected chi connectivity index (χ1v) is 6.29. The van der Waals surface area contributed by atoms with Gasteiger partial charge in [0.05, 0.1) is 30.3 Å². The SMILES string of the molecule is CCOC(=O)CCN(C)c1cnc2ccccc2n1. The number of benzene rings is 1. The number of ether oxygens (including phenoxy) is 1. The van der Waals surface area contributed by atoms with Crippen LogP contribution in [0.25, 0.3) is 11.0 Å². The standard InChI is InChI=1S/C14H17N3O2/c1-3-19-14(18)8-9-17(2)13-10-15-11-6-4-5-7-12(11)16-13/h4-7,10H,3,8-9H2,1-2H3. The molecule has 2 rings (SSSR count). The maximum Gasteiger partial charge on any atom is 0.307 e. The minimum absolute atomic E-state index is 0.192. The monoisotopic (exact) mass is 259 g/mol. The van der Waals surface area contributed by atoms with Gasteiger partial charge < -0.3 is 9.64 Å². The second kappa shape index (κ2) is 6.13. The molecule has 1 aromatic heterocycles. The molecule has 0 aliphatic rings. The van der Waals surface area contributed by atoms with Gasteiger partial charge in [-0.1, -0.05) is 12.1 Å². The quantitative estimate of drug-likeness (QED) is 0.769. The van der Waals surface area contributed by atoms with Crippen LogP contribution in [-0.4, -0.2) is 36.1 Å². The van der Waals surface area contributed by atoms with Crippen molar-refractivity contribution in [2.45, 2.75) is 13.3 Å². The zero-order chi connectivity index (χ0) is 13.7. The molecule has 0 fully saturated rings. The number of nitrogens with zero attached hydrogens (tertiary/aromatic N) is 3. The average Bonchev–Trinajstić information content (AvgIpc) is 2.44. The third-order valence-electron chi connectivity index (χ3n) is 2.78. The fraction of sp³-hybridized carbons (Fsp3) is 0.357. The lowest BCUT2D eigenvalue weighted by Gasteiger charge is -2.17. The summed E-state index contributed by atoms with van der Waals surface area (Å²) in [5.74, 6) is 0.561. The number of hydrogen-bond acceptors (Lipinski definition) is 5. The van der Waals surface area contributed by atoms with Crippen molar-refractivity contribution in [2.24, 2.45) is 0 Å². The highest BCUT2D eigenvalue weighted by Gasteiger charge is 2.08. The van der Waals surface area contributed by atoms with Gasteiger partial charge in [0.15, 0.2) is 0 Å². The number of aromatic nitrogens is 2. The summed E-state index contributed by atoms with van der Waals surface area (Å²) in [4.78, 5) is 22.1.